The third kappa shape index (κ3) is 4.44. The first kappa shape index (κ1) is 22.1. The number of anilines is 1. The minimum Gasteiger partial charge on any atom is -0.417 e. The van der Waals surface area contributed by atoms with Crippen LogP contribution in [0.25, 0.3) is 5.69 Å². The Morgan fingerprint density at radius 1 is 1.19 bits per heavy atom. The molecule has 2 aromatic rings. The van der Waals surface area contributed by atoms with Crippen molar-refractivity contribution in [2.75, 3.05) is 37.8 Å². The number of aromatic nitrogens is 4. The highest BCUT2D eigenvalue weighted by molar-refractivity contribution is 6.74. The van der Waals surface area contributed by atoms with Gasteiger partial charge >= 0.3 is 0 Å². The van der Waals surface area contributed by atoms with Crippen LogP contribution in [0.2, 0.25) is 18.1 Å². The molecule has 2 aliphatic heterocycles. The second kappa shape index (κ2) is 8.11. The second-order valence-corrected chi connectivity index (χ2v) is 15.2. The van der Waals surface area contributed by atoms with E-state index in [1.54, 1.807) is 17.0 Å². The van der Waals surface area contributed by atoms with Crippen LogP contribution in [0.5, 0.6) is 0 Å². The van der Waals surface area contributed by atoms with Gasteiger partial charge in [-0.15, -0.1) is 0 Å². The van der Waals surface area contributed by atoms with E-state index >= 15 is 0 Å². The largest absolute Gasteiger partial charge is 0.417 e. The second-order valence-electron chi connectivity index (χ2n) is 10.4. The highest BCUT2D eigenvalue weighted by atomic mass is 28.4. The van der Waals surface area contributed by atoms with Crippen molar-refractivity contribution in [1.29, 1.82) is 0 Å². The molecular formula is C22H33N5O3Si. The molecule has 0 aliphatic carbocycles. The standard InChI is InChI=1S/C22H33N5O3Si/c1-21(2,3)31(4,5)30-8-6-7-17-11-27(18-9-23-16-24-10-18)20(28)19(25-17)26-12-22(13-26)14-29-15-22/h9-11,16H,6-8,12-15H2,1-5H3. The fourth-order valence-electron chi connectivity index (χ4n) is 3.75. The molecule has 1 spiro atoms. The van der Waals surface area contributed by atoms with E-state index in [4.69, 9.17) is 14.1 Å². The molecule has 0 radical (unpaired) electrons. The first-order chi connectivity index (χ1) is 14.6. The molecular weight excluding hydrogens is 410 g/mol. The molecule has 9 heteroatoms. The summed E-state index contributed by atoms with van der Waals surface area (Å²) in [6.45, 7) is 15.2. The summed E-state index contributed by atoms with van der Waals surface area (Å²) in [7, 11) is -1.77. The summed E-state index contributed by atoms with van der Waals surface area (Å²) < 4.78 is 13.3. The van der Waals surface area contributed by atoms with Crippen LogP contribution in [0, 0.1) is 5.41 Å². The van der Waals surface area contributed by atoms with Gasteiger partial charge in [0.25, 0.3) is 5.56 Å². The summed E-state index contributed by atoms with van der Waals surface area (Å²) >= 11 is 0. The van der Waals surface area contributed by atoms with E-state index in [0.29, 0.717) is 18.1 Å². The molecule has 0 unspecified atom stereocenters. The van der Waals surface area contributed by atoms with Gasteiger partial charge in [0.15, 0.2) is 14.1 Å². The lowest BCUT2D eigenvalue weighted by atomic mass is 9.78. The van der Waals surface area contributed by atoms with Gasteiger partial charge in [0, 0.05) is 25.9 Å². The van der Waals surface area contributed by atoms with Crippen molar-refractivity contribution in [3.05, 3.63) is 41.0 Å². The first-order valence-electron chi connectivity index (χ1n) is 10.9. The lowest BCUT2D eigenvalue weighted by Crippen LogP contribution is -2.67. The molecule has 0 amide bonds. The van der Waals surface area contributed by atoms with Gasteiger partial charge in [-0.25, -0.2) is 15.0 Å². The summed E-state index contributed by atoms with van der Waals surface area (Å²) in [6.07, 6.45) is 8.20. The van der Waals surface area contributed by atoms with E-state index in [-0.39, 0.29) is 16.0 Å². The Bertz CT molecular complexity index is 975. The number of aryl methyl sites for hydroxylation is 1. The number of ether oxygens (including phenoxy) is 1. The van der Waals surface area contributed by atoms with Crippen molar-refractivity contribution in [2.45, 2.75) is 51.7 Å². The highest BCUT2D eigenvalue weighted by Gasteiger charge is 2.50. The Balaban J connectivity index is 1.52. The van der Waals surface area contributed by atoms with E-state index in [1.807, 2.05) is 6.20 Å². The monoisotopic (exact) mass is 443 g/mol. The number of hydrogen-bond acceptors (Lipinski definition) is 7. The van der Waals surface area contributed by atoms with E-state index in [1.165, 1.54) is 6.33 Å². The lowest BCUT2D eigenvalue weighted by Gasteiger charge is -2.55. The molecule has 0 atom stereocenters. The van der Waals surface area contributed by atoms with Crippen LogP contribution < -0.4 is 10.5 Å². The molecule has 2 aromatic heterocycles. The zero-order valence-electron chi connectivity index (χ0n) is 19.2. The Kier molecular flexibility index (Phi) is 5.78. The molecule has 0 bridgehead atoms. The molecule has 8 nitrogen and oxygen atoms in total. The van der Waals surface area contributed by atoms with Crippen molar-refractivity contribution < 1.29 is 9.16 Å². The van der Waals surface area contributed by atoms with Gasteiger partial charge in [-0.1, -0.05) is 20.8 Å². The summed E-state index contributed by atoms with van der Waals surface area (Å²) in [5, 5.41) is 0.192. The van der Waals surface area contributed by atoms with E-state index in [0.717, 1.165) is 44.8 Å². The predicted octanol–water partition coefficient (Wildman–Crippen LogP) is 2.81. The Labute approximate surface area is 184 Å². The third-order valence-corrected chi connectivity index (χ3v) is 11.3. The maximum atomic E-state index is 13.2. The van der Waals surface area contributed by atoms with Gasteiger partial charge in [0.05, 0.1) is 42.4 Å². The molecule has 4 heterocycles. The predicted molar refractivity (Wildman–Crippen MR) is 122 cm³/mol. The van der Waals surface area contributed by atoms with Gasteiger partial charge in [0.1, 0.15) is 6.33 Å². The summed E-state index contributed by atoms with van der Waals surface area (Å²) in [5.74, 6) is 0.504. The fraction of sp³-hybridized carbons (Fsp3) is 0.636. The quantitative estimate of drug-likeness (QED) is 0.481. The maximum absolute atomic E-state index is 13.2. The van der Waals surface area contributed by atoms with Crippen LogP contribution in [0.4, 0.5) is 5.82 Å². The van der Waals surface area contributed by atoms with E-state index in [9.17, 15) is 4.79 Å². The van der Waals surface area contributed by atoms with Crippen LogP contribution in [-0.4, -0.2) is 60.7 Å². The van der Waals surface area contributed by atoms with Gasteiger partial charge in [-0.2, -0.15) is 0 Å². The van der Waals surface area contributed by atoms with Gasteiger partial charge < -0.3 is 14.1 Å². The Morgan fingerprint density at radius 3 is 2.45 bits per heavy atom. The van der Waals surface area contributed by atoms with Gasteiger partial charge in [-0.05, 0) is 31.0 Å². The Hall–Kier alpha value is -2.10. The molecule has 4 rings (SSSR count). The molecule has 0 N–H and O–H groups in total. The number of rotatable bonds is 7. The Morgan fingerprint density at radius 2 is 1.87 bits per heavy atom. The van der Waals surface area contributed by atoms with Gasteiger partial charge in [-0.3, -0.25) is 9.36 Å². The van der Waals surface area contributed by atoms with Crippen molar-refractivity contribution in [3.8, 4) is 5.69 Å². The van der Waals surface area contributed by atoms with Crippen LogP contribution >= 0.6 is 0 Å². The summed E-state index contributed by atoms with van der Waals surface area (Å²) in [4.78, 5) is 28.2. The van der Waals surface area contributed by atoms with E-state index in [2.05, 4.69) is 48.7 Å². The highest BCUT2D eigenvalue weighted by Crippen LogP contribution is 2.39. The fourth-order valence-corrected chi connectivity index (χ4v) is 4.83. The minimum atomic E-state index is -1.77. The zero-order valence-corrected chi connectivity index (χ0v) is 20.2. The van der Waals surface area contributed by atoms with E-state index < -0.39 is 8.32 Å². The van der Waals surface area contributed by atoms with Crippen molar-refractivity contribution in [1.82, 2.24) is 19.5 Å². The average Bonchev–Trinajstić information content (AvgIpc) is 2.64. The molecule has 0 aromatic carbocycles. The normalized spacial score (nSPS) is 18.0. The maximum Gasteiger partial charge on any atom is 0.298 e. The van der Waals surface area contributed by atoms with Gasteiger partial charge in [0.2, 0.25) is 0 Å². The average molecular weight is 444 g/mol. The SMILES string of the molecule is CC(C)(C)[Si](C)(C)OCCCc1cn(-c2cncnc2)c(=O)c(N2CC3(COC3)C2)n1. The molecule has 168 valence electrons. The van der Waals surface area contributed by atoms with Crippen LogP contribution in [0.1, 0.15) is 32.9 Å². The van der Waals surface area contributed by atoms with Crippen molar-refractivity contribution in [3.63, 3.8) is 0 Å². The van der Waals surface area contributed by atoms with Crippen molar-refractivity contribution in [2.24, 2.45) is 5.41 Å². The summed E-state index contributed by atoms with van der Waals surface area (Å²) in [5.41, 5.74) is 1.60. The zero-order chi connectivity index (χ0) is 22.3. The topological polar surface area (TPSA) is 82.4 Å². The molecule has 31 heavy (non-hydrogen) atoms. The van der Waals surface area contributed by atoms with Crippen molar-refractivity contribution >= 4 is 14.1 Å². The van der Waals surface area contributed by atoms with Crippen LogP contribution in [0.15, 0.2) is 29.7 Å². The smallest absolute Gasteiger partial charge is 0.298 e. The molecule has 2 fully saturated rings. The van der Waals surface area contributed by atoms with Crippen LogP contribution in [-0.2, 0) is 15.6 Å². The minimum absolute atomic E-state index is 0.133. The molecule has 2 saturated heterocycles. The summed E-state index contributed by atoms with van der Waals surface area (Å²) in [6, 6.07) is 0. The molecule has 0 saturated carbocycles. The van der Waals surface area contributed by atoms with Crippen LogP contribution in [0.3, 0.4) is 0 Å². The number of hydrogen-bond donors (Lipinski definition) is 0. The first-order valence-corrected chi connectivity index (χ1v) is 13.9. The molecule has 2 aliphatic rings. The third-order valence-electron chi connectivity index (χ3n) is 6.78. The lowest BCUT2D eigenvalue weighted by molar-refractivity contribution is -0.127. The number of nitrogens with zero attached hydrogens (tertiary/aromatic N) is 5.